The summed E-state index contributed by atoms with van der Waals surface area (Å²) in [5.74, 6) is 0.541. The van der Waals surface area contributed by atoms with Gasteiger partial charge in [0.2, 0.25) is 0 Å². The van der Waals surface area contributed by atoms with Crippen LogP contribution in [-0.4, -0.2) is 31.7 Å². The Labute approximate surface area is 72.7 Å². The average Bonchev–Trinajstić information content (AvgIpc) is 2.05. The Kier molecular flexibility index (Phi) is 2.05. The summed E-state index contributed by atoms with van der Waals surface area (Å²) in [6, 6.07) is 0. The van der Waals surface area contributed by atoms with Crippen molar-refractivity contribution in [2.45, 2.75) is 25.9 Å². The van der Waals surface area contributed by atoms with Crippen LogP contribution in [0.4, 0.5) is 0 Å². The van der Waals surface area contributed by atoms with Crippen LogP contribution >= 0.6 is 0 Å². The third-order valence-corrected chi connectivity index (χ3v) is 3.07. The van der Waals surface area contributed by atoms with Gasteiger partial charge in [0.15, 0.2) is 6.10 Å². The molecule has 0 radical (unpaired) electrons. The minimum Gasteiger partial charge on any atom is -0.456 e. The predicted octanol–water partition coefficient (Wildman–Crippen LogP) is -0.773. The molecule has 3 heterocycles. The van der Waals surface area contributed by atoms with Crippen molar-refractivity contribution in [1.82, 2.24) is 0 Å². The molecule has 1 atom stereocenters. The van der Waals surface area contributed by atoms with Crippen molar-refractivity contribution in [2.75, 3.05) is 19.6 Å². The molecular weight excluding hydrogens is 154 g/mol. The van der Waals surface area contributed by atoms with Crippen LogP contribution in [0.1, 0.15) is 19.8 Å². The van der Waals surface area contributed by atoms with Gasteiger partial charge in [-0.05, 0) is 0 Å². The van der Waals surface area contributed by atoms with Crippen LogP contribution in [0.15, 0.2) is 0 Å². The average molecular weight is 170 g/mol. The summed E-state index contributed by atoms with van der Waals surface area (Å²) < 4.78 is 5.27. The Morgan fingerprint density at radius 1 is 1.42 bits per heavy atom. The zero-order valence-electron chi connectivity index (χ0n) is 7.51. The molecule has 3 nitrogen and oxygen atoms in total. The van der Waals surface area contributed by atoms with Crippen molar-refractivity contribution in [1.29, 1.82) is 0 Å². The van der Waals surface area contributed by atoms with Crippen molar-refractivity contribution in [3.63, 3.8) is 0 Å². The van der Waals surface area contributed by atoms with Gasteiger partial charge in [0.1, 0.15) is 6.54 Å². The summed E-state index contributed by atoms with van der Waals surface area (Å²) >= 11 is 0. The Balaban J connectivity index is 1.95. The van der Waals surface area contributed by atoms with Crippen LogP contribution in [-0.2, 0) is 9.53 Å². The lowest BCUT2D eigenvalue weighted by Crippen LogP contribution is -3.16. The van der Waals surface area contributed by atoms with Crippen molar-refractivity contribution in [2.24, 2.45) is 5.92 Å². The number of fused-ring (bicyclic) bond motifs is 3. The summed E-state index contributed by atoms with van der Waals surface area (Å²) in [5.41, 5.74) is 0. The van der Waals surface area contributed by atoms with Gasteiger partial charge in [0, 0.05) is 25.7 Å². The second kappa shape index (κ2) is 3.05. The summed E-state index contributed by atoms with van der Waals surface area (Å²) in [4.78, 5) is 12.4. The summed E-state index contributed by atoms with van der Waals surface area (Å²) in [6.45, 7) is 5.11. The molecule has 3 aliphatic heterocycles. The molecule has 0 unspecified atom stereocenters. The predicted molar refractivity (Wildman–Crippen MR) is 43.8 cm³/mol. The summed E-state index contributed by atoms with van der Waals surface area (Å²) in [6.07, 6.45) is 2.71. The highest BCUT2D eigenvalue weighted by atomic mass is 16.5. The number of carbonyl (C=O) groups is 1. The second-order valence-corrected chi connectivity index (χ2v) is 3.94. The first-order valence-corrected chi connectivity index (χ1v) is 4.76. The minimum absolute atomic E-state index is 0.117. The number of quaternary nitrogens is 1. The molecule has 2 bridgehead atoms. The first-order chi connectivity index (χ1) is 5.75. The van der Waals surface area contributed by atoms with Gasteiger partial charge in [-0.15, -0.1) is 0 Å². The number of nitrogens with one attached hydrogen (secondary N) is 1. The Bertz CT molecular complexity index is 185. The molecular formula is C9H16NO2+. The van der Waals surface area contributed by atoms with Gasteiger partial charge in [-0.2, -0.15) is 0 Å². The normalized spacial score (nSPS) is 39.6. The van der Waals surface area contributed by atoms with Crippen molar-refractivity contribution < 1.29 is 14.4 Å². The number of ether oxygens (including phenoxy) is 1. The number of piperidine rings is 3. The zero-order chi connectivity index (χ0) is 8.55. The van der Waals surface area contributed by atoms with Gasteiger partial charge >= 0.3 is 5.97 Å². The van der Waals surface area contributed by atoms with E-state index in [2.05, 4.69) is 0 Å². The number of carbonyl (C=O) groups excluding carboxylic acids is 1. The Hall–Kier alpha value is -0.570. The molecule has 0 saturated carbocycles. The number of hydrogen-bond acceptors (Lipinski definition) is 2. The van der Waals surface area contributed by atoms with Gasteiger partial charge < -0.3 is 9.64 Å². The lowest BCUT2D eigenvalue weighted by Gasteiger charge is -2.40. The van der Waals surface area contributed by atoms with Crippen LogP contribution in [0, 0.1) is 5.92 Å². The highest BCUT2D eigenvalue weighted by Crippen LogP contribution is 2.20. The van der Waals surface area contributed by atoms with E-state index in [1.54, 1.807) is 4.90 Å². The fourth-order valence-electron chi connectivity index (χ4n) is 2.43. The van der Waals surface area contributed by atoms with Gasteiger partial charge in [-0.1, -0.05) is 0 Å². The van der Waals surface area contributed by atoms with Gasteiger partial charge in [0.25, 0.3) is 0 Å². The van der Waals surface area contributed by atoms with E-state index in [9.17, 15) is 4.79 Å². The molecule has 0 amide bonds. The molecule has 68 valence electrons. The quantitative estimate of drug-likeness (QED) is 0.524. The van der Waals surface area contributed by atoms with Crippen molar-refractivity contribution in [3.05, 3.63) is 0 Å². The van der Waals surface area contributed by atoms with E-state index in [1.165, 1.54) is 32.9 Å². The number of rotatable bonds is 1. The number of esters is 1. The monoisotopic (exact) mass is 170 g/mol. The lowest BCUT2D eigenvalue weighted by molar-refractivity contribution is -0.920. The largest absolute Gasteiger partial charge is 0.456 e. The van der Waals surface area contributed by atoms with E-state index in [1.807, 2.05) is 0 Å². The first kappa shape index (κ1) is 8.05. The smallest absolute Gasteiger partial charge is 0.303 e. The minimum atomic E-state index is -0.117. The molecule has 3 aliphatic rings. The molecule has 12 heavy (non-hydrogen) atoms. The maximum atomic E-state index is 10.8. The molecule has 0 aromatic carbocycles. The van der Waals surface area contributed by atoms with Crippen molar-refractivity contribution in [3.8, 4) is 0 Å². The Morgan fingerprint density at radius 2 is 2.08 bits per heavy atom. The topological polar surface area (TPSA) is 30.7 Å². The Morgan fingerprint density at radius 3 is 2.50 bits per heavy atom. The van der Waals surface area contributed by atoms with E-state index in [0.29, 0.717) is 5.92 Å². The molecule has 3 fully saturated rings. The van der Waals surface area contributed by atoms with Crippen molar-refractivity contribution >= 4 is 5.97 Å². The van der Waals surface area contributed by atoms with E-state index in [4.69, 9.17) is 4.74 Å². The van der Waals surface area contributed by atoms with Crippen LogP contribution in [0.25, 0.3) is 0 Å². The van der Waals surface area contributed by atoms with E-state index < -0.39 is 0 Å². The first-order valence-electron chi connectivity index (χ1n) is 4.76. The van der Waals surface area contributed by atoms with E-state index >= 15 is 0 Å². The van der Waals surface area contributed by atoms with Gasteiger partial charge in [-0.3, -0.25) is 4.79 Å². The number of hydrogen-bond donors (Lipinski definition) is 1. The molecule has 3 heteroatoms. The highest BCUT2D eigenvalue weighted by molar-refractivity contribution is 5.66. The molecule has 3 saturated heterocycles. The lowest BCUT2D eigenvalue weighted by atomic mass is 9.86. The molecule has 0 spiro atoms. The van der Waals surface area contributed by atoms with Gasteiger partial charge in [0.05, 0.1) is 13.1 Å². The van der Waals surface area contributed by atoms with E-state index in [0.717, 1.165) is 6.54 Å². The van der Waals surface area contributed by atoms with Crippen LogP contribution in [0.3, 0.4) is 0 Å². The maximum absolute atomic E-state index is 10.8. The molecule has 0 aromatic rings. The van der Waals surface area contributed by atoms with E-state index in [-0.39, 0.29) is 12.1 Å². The zero-order valence-corrected chi connectivity index (χ0v) is 7.51. The van der Waals surface area contributed by atoms with Crippen LogP contribution in [0.5, 0.6) is 0 Å². The maximum Gasteiger partial charge on any atom is 0.303 e. The summed E-state index contributed by atoms with van der Waals surface area (Å²) in [7, 11) is 0. The fraction of sp³-hybridized carbons (Fsp3) is 0.889. The van der Waals surface area contributed by atoms with Crippen LogP contribution in [0.2, 0.25) is 0 Å². The standard InChI is InChI=1S/C9H15NO2/c1-7(11)12-9-6-10-4-2-8(9)3-5-10/h8-9H,2-6H2,1H3/p+1/t9-/m0/s1. The highest BCUT2D eigenvalue weighted by Gasteiger charge is 2.39. The second-order valence-electron chi connectivity index (χ2n) is 3.94. The molecule has 0 aromatic heterocycles. The molecule has 3 rings (SSSR count). The fourth-order valence-corrected chi connectivity index (χ4v) is 2.43. The molecule has 1 N–H and O–H groups in total. The van der Waals surface area contributed by atoms with Gasteiger partial charge in [-0.25, -0.2) is 0 Å². The third-order valence-electron chi connectivity index (χ3n) is 3.07. The SMILES string of the molecule is CC(=O)O[C@H]1C[NH+]2CCC1CC2. The molecule has 0 aliphatic carbocycles. The third kappa shape index (κ3) is 1.46. The van der Waals surface area contributed by atoms with Crippen LogP contribution < -0.4 is 4.90 Å². The summed E-state index contributed by atoms with van der Waals surface area (Å²) in [5, 5.41) is 0.